The van der Waals surface area contributed by atoms with E-state index in [0.29, 0.717) is 24.7 Å². The molecule has 6 heteroatoms. The average Bonchev–Trinajstić information content (AvgIpc) is 2.98. The zero-order valence-electron chi connectivity index (χ0n) is 12.2. The number of nitrogens with zero attached hydrogens (tertiary/aromatic N) is 1. The molecular weight excluding hydrogens is 290 g/mol. The second-order valence-electron chi connectivity index (χ2n) is 4.41. The van der Waals surface area contributed by atoms with Crippen LogP contribution >= 0.6 is 0 Å². The molecule has 1 aromatic heterocycles. The maximum Gasteiger partial charge on any atom is 0.243 e. The molecule has 0 radical (unpaired) electrons. The minimum absolute atomic E-state index is 0.221. The first-order valence-corrected chi connectivity index (χ1v) is 8.27. The first-order valence-electron chi connectivity index (χ1n) is 6.83. The molecule has 0 aliphatic heterocycles. The van der Waals surface area contributed by atoms with Gasteiger partial charge in [0, 0.05) is 6.54 Å². The van der Waals surface area contributed by atoms with Crippen LogP contribution in [0.4, 0.5) is 0 Å². The third-order valence-corrected chi connectivity index (χ3v) is 4.97. The monoisotopic (exact) mass is 309 g/mol. The van der Waals surface area contributed by atoms with Gasteiger partial charge in [-0.15, -0.1) is 0 Å². The highest BCUT2D eigenvalue weighted by atomic mass is 32.2. The third-order valence-electron chi connectivity index (χ3n) is 3.04. The Hall–Kier alpha value is -1.79. The van der Waals surface area contributed by atoms with Crippen molar-refractivity contribution in [2.45, 2.75) is 25.3 Å². The highest BCUT2D eigenvalue weighted by Gasteiger charge is 2.24. The largest absolute Gasteiger partial charge is 0.494 e. The summed E-state index contributed by atoms with van der Waals surface area (Å²) in [6.45, 7) is 4.82. The summed E-state index contributed by atoms with van der Waals surface area (Å²) in [7, 11) is -3.54. The van der Waals surface area contributed by atoms with Crippen LogP contribution in [-0.4, -0.2) is 25.9 Å². The van der Waals surface area contributed by atoms with Gasteiger partial charge in [0.1, 0.15) is 11.5 Å². The predicted molar refractivity (Wildman–Crippen MR) is 79.6 cm³/mol. The van der Waals surface area contributed by atoms with Crippen molar-refractivity contribution in [3.63, 3.8) is 0 Å². The SMILES string of the molecule is CCOc1ccc(S(=O)(=O)N(CC)Cc2ccco2)cc1. The molecule has 2 aromatic rings. The molecule has 2 rings (SSSR count). The van der Waals surface area contributed by atoms with Crippen LogP contribution in [0.25, 0.3) is 0 Å². The van der Waals surface area contributed by atoms with Crippen LogP contribution in [0.1, 0.15) is 19.6 Å². The van der Waals surface area contributed by atoms with E-state index in [1.54, 1.807) is 43.3 Å². The summed E-state index contributed by atoms with van der Waals surface area (Å²) in [5.41, 5.74) is 0. The van der Waals surface area contributed by atoms with Gasteiger partial charge < -0.3 is 9.15 Å². The number of sulfonamides is 1. The zero-order chi connectivity index (χ0) is 15.3. The molecule has 1 heterocycles. The summed E-state index contributed by atoms with van der Waals surface area (Å²) >= 11 is 0. The molecule has 0 amide bonds. The second kappa shape index (κ2) is 6.78. The van der Waals surface area contributed by atoms with E-state index in [1.165, 1.54) is 10.6 Å². The quantitative estimate of drug-likeness (QED) is 0.789. The molecule has 1 aromatic carbocycles. The molecule has 0 saturated heterocycles. The van der Waals surface area contributed by atoms with Crippen molar-refractivity contribution in [1.29, 1.82) is 0 Å². The molecule has 0 saturated carbocycles. The number of rotatable bonds is 7. The van der Waals surface area contributed by atoms with Crippen LogP contribution in [0.3, 0.4) is 0 Å². The Labute approximate surface area is 125 Å². The number of hydrogen-bond donors (Lipinski definition) is 0. The highest BCUT2D eigenvalue weighted by Crippen LogP contribution is 2.21. The molecule has 0 fully saturated rings. The fraction of sp³-hybridized carbons (Fsp3) is 0.333. The van der Waals surface area contributed by atoms with E-state index in [1.807, 2.05) is 6.92 Å². The number of ether oxygens (including phenoxy) is 1. The van der Waals surface area contributed by atoms with E-state index in [0.717, 1.165) is 0 Å². The van der Waals surface area contributed by atoms with Crippen LogP contribution in [0.5, 0.6) is 5.75 Å². The summed E-state index contributed by atoms with van der Waals surface area (Å²) in [5, 5.41) is 0. The molecule has 0 atom stereocenters. The average molecular weight is 309 g/mol. The van der Waals surface area contributed by atoms with Crippen LogP contribution in [0, 0.1) is 0 Å². The summed E-state index contributed by atoms with van der Waals surface area (Å²) in [4.78, 5) is 0.249. The van der Waals surface area contributed by atoms with Gasteiger partial charge in [0.15, 0.2) is 0 Å². The number of hydrogen-bond acceptors (Lipinski definition) is 4. The molecule has 0 spiro atoms. The molecule has 0 aliphatic carbocycles. The Bertz CT molecular complexity index is 647. The van der Waals surface area contributed by atoms with Crippen molar-refractivity contribution in [3.8, 4) is 5.75 Å². The van der Waals surface area contributed by atoms with Gasteiger partial charge in [-0.3, -0.25) is 0 Å². The Morgan fingerprint density at radius 3 is 2.38 bits per heavy atom. The van der Waals surface area contributed by atoms with Crippen molar-refractivity contribution in [3.05, 3.63) is 48.4 Å². The first kappa shape index (κ1) is 15.6. The predicted octanol–water partition coefficient (Wildman–Crippen LogP) is 2.89. The minimum atomic E-state index is -3.54. The van der Waals surface area contributed by atoms with E-state index < -0.39 is 10.0 Å². The summed E-state index contributed by atoms with van der Waals surface area (Å²) in [5.74, 6) is 1.27. The highest BCUT2D eigenvalue weighted by molar-refractivity contribution is 7.89. The van der Waals surface area contributed by atoms with Gasteiger partial charge in [0.25, 0.3) is 0 Å². The molecule has 5 nitrogen and oxygen atoms in total. The Morgan fingerprint density at radius 2 is 1.86 bits per heavy atom. The number of benzene rings is 1. The van der Waals surface area contributed by atoms with Crippen molar-refractivity contribution >= 4 is 10.0 Å². The van der Waals surface area contributed by atoms with E-state index in [-0.39, 0.29) is 11.4 Å². The van der Waals surface area contributed by atoms with Gasteiger partial charge in [0.2, 0.25) is 10.0 Å². The van der Waals surface area contributed by atoms with Crippen molar-refractivity contribution in [1.82, 2.24) is 4.31 Å². The molecule has 0 bridgehead atoms. The standard InChI is InChI=1S/C15H19NO4S/c1-3-16(12-14-6-5-11-20-14)21(17,18)15-9-7-13(8-10-15)19-4-2/h5-11H,3-4,12H2,1-2H3. The van der Waals surface area contributed by atoms with Gasteiger partial charge in [0.05, 0.1) is 24.3 Å². The third kappa shape index (κ3) is 3.65. The van der Waals surface area contributed by atoms with Gasteiger partial charge >= 0.3 is 0 Å². The zero-order valence-corrected chi connectivity index (χ0v) is 13.0. The summed E-state index contributed by atoms with van der Waals surface area (Å²) < 4.78 is 37.1. The molecule has 114 valence electrons. The van der Waals surface area contributed by atoms with Gasteiger partial charge in [-0.05, 0) is 43.3 Å². The van der Waals surface area contributed by atoms with Gasteiger partial charge in [-0.1, -0.05) is 6.92 Å². The Kier molecular flexibility index (Phi) is 5.03. The molecule has 0 N–H and O–H groups in total. The number of furan rings is 1. The van der Waals surface area contributed by atoms with E-state index in [2.05, 4.69) is 0 Å². The van der Waals surface area contributed by atoms with E-state index in [4.69, 9.17) is 9.15 Å². The Morgan fingerprint density at radius 1 is 1.14 bits per heavy atom. The van der Waals surface area contributed by atoms with E-state index >= 15 is 0 Å². The Balaban J connectivity index is 2.22. The topological polar surface area (TPSA) is 59.8 Å². The van der Waals surface area contributed by atoms with Crippen LogP contribution in [0.2, 0.25) is 0 Å². The fourth-order valence-corrected chi connectivity index (χ4v) is 3.38. The smallest absolute Gasteiger partial charge is 0.243 e. The lowest BCUT2D eigenvalue weighted by Crippen LogP contribution is -2.30. The molecule has 0 aliphatic rings. The summed E-state index contributed by atoms with van der Waals surface area (Å²) in [6, 6.07) is 9.95. The maximum atomic E-state index is 12.6. The fourth-order valence-electron chi connectivity index (χ4n) is 1.97. The minimum Gasteiger partial charge on any atom is -0.494 e. The van der Waals surface area contributed by atoms with Crippen LogP contribution in [-0.2, 0) is 16.6 Å². The molecular formula is C15H19NO4S. The van der Waals surface area contributed by atoms with Crippen molar-refractivity contribution in [2.24, 2.45) is 0 Å². The second-order valence-corrected chi connectivity index (χ2v) is 6.35. The van der Waals surface area contributed by atoms with Gasteiger partial charge in [-0.25, -0.2) is 8.42 Å². The lowest BCUT2D eigenvalue weighted by Gasteiger charge is -2.19. The lowest BCUT2D eigenvalue weighted by molar-refractivity contribution is 0.340. The van der Waals surface area contributed by atoms with Crippen LogP contribution < -0.4 is 4.74 Å². The lowest BCUT2D eigenvalue weighted by atomic mass is 10.3. The van der Waals surface area contributed by atoms with Crippen molar-refractivity contribution in [2.75, 3.05) is 13.2 Å². The molecule has 21 heavy (non-hydrogen) atoms. The van der Waals surface area contributed by atoms with Gasteiger partial charge in [-0.2, -0.15) is 4.31 Å². The molecule has 0 unspecified atom stereocenters. The van der Waals surface area contributed by atoms with Crippen LogP contribution in [0.15, 0.2) is 52.0 Å². The normalized spacial score (nSPS) is 11.8. The summed E-state index contributed by atoms with van der Waals surface area (Å²) in [6.07, 6.45) is 1.53. The van der Waals surface area contributed by atoms with E-state index in [9.17, 15) is 8.42 Å². The first-order chi connectivity index (χ1) is 10.1. The van der Waals surface area contributed by atoms with Crippen molar-refractivity contribution < 1.29 is 17.6 Å². The maximum absolute atomic E-state index is 12.6.